The molecule has 2 heterocycles. The summed E-state index contributed by atoms with van der Waals surface area (Å²) in [6.45, 7) is 4.66. The monoisotopic (exact) mass is 291 g/mol. The second-order valence-corrected chi connectivity index (χ2v) is 5.70. The first-order valence-electron chi connectivity index (χ1n) is 6.77. The molecule has 106 valence electrons. The first-order valence-corrected chi connectivity index (χ1v) is 7.15. The van der Waals surface area contributed by atoms with Crippen LogP contribution in [0.1, 0.15) is 24.4 Å². The van der Waals surface area contributed by atoms with Crippen molar-refractivity contribution in [3.05, 3.63) is 47.0 Å². The molecule has 1 aromatic carbocycles. The average Bonchev–Trinajstić information content (AvgIpc) is 2.88. The van der Waals surface area contributed by atoms with Gasteiger partial charge in [0.25, 0.3) is 0 Å². The van der Waals surface area contributed by atoms with Gasteiger partial charge in [-0.25, -0.2) is 0 Å². The van der Waals surface area contributed by atoms with E-state index in [1.807, 2.05) is 19.1 Å². The van der Waals surface area contributed by atoms with Gasteiger partial charge in [0.1, 0.15) is 12.2 Å². The highest BCUT2D eigenvalue weighted by atomic mass is 35.5. The molecule has 0 amide bonds. The fraction of sp³-hybridized carbons (Fsp3) is 0.429. The Morgan fingerprint density at radius 3 is 2.70 bits per heavy atom. The lowest BCUT2D eigenvalue weighted by Gasteiger charge is -2.36. The van der Waals surface area contributed by atoms with Crippen molar-refractivity contribution in [1.82, 2.24) is 19.7 Å². The zero-order chi connectivity index (χ0) is 14.1. The second kappa shape index (κ2) is 5.52. The number of nitrogens with two attached hydrogens (primary N) is 1. The minimum atomic E-state index is 0.0330. The summed E-state index contributed by atoms with van der Waals surface area (Å²) in [7, 11) is 0. The van der Waals surface area contributed by atoms with Crippen molar-refractivity contribution in [3.8, 4) is 0 Å². The normalized spacial score (nSPS) is 18.6. The lowest BCUT2D eigenvalue weighted by Crippen LogP contribution is -2.43. The number of benzene rings is 1. The molecule has 0 spiro atoms. The molecular formula is C14H18ClN5. The molecule has 0 saturated heterocycles. The van der Waals surface area contributed by atoms with E-state index in [4.69, 9.17) is 17.3 Å². The van der Waals surface area contributed by atoms with Crippen LogP contribution in [0.3, 0.4) is 0 Å². The van der Waals surface area contributed by atoms with Crippen LogP contribution in [0.2, 0.25) is 5.02 Å². The first-order chi connectivity index (χ1) is 9.65. The second-order valence-electron chi connectivity index (χ2n) is 5.27. The molecule has 6 heteroatoms. The van der Waals surface area contributed by atoms with Crippen molar-refractivity contribution in [3.63, 3.8) is 0 Å². The Labute approximate surface area is 123 Å². The van der Waals surface area contributed by atoms with Gasteiger partial charge in [0.05, 0.1) is 12.6 Å². The van der Waals surface area contributed by atoms with Crippen LogP contribution in [0, 0.1) is 0 Å². The molecule has 0 aliphatic carbocycles. The molecule has 0 bridgehead atoms. The minimum Gasteiger partial charge on any atom is -0.326 e. The van der Waals surface area contributed by atoms with E-state index in [9.17, 15) is 0 Å². The lowest BCUT2D eigenvalue weighted by atomic mass is 9.98. The quantitative estimate of drug-likeness (QED) is 0.937. The average molecular weight is 292 g/mol. The predicted molar refractivity (Wildman–Crippen MR) is 78.3 cm³/mol. The Bertz CT molecular complexity index is 578. The maximum absolute atomic E-state index is 6.22. The van der Waals surface area contributed by atoms with Crippen LogP contribution in [0.15, 0.2) is 30.6 Å². The maximum atomic E-state index is 6.22. The van der Waals surface area contributed by atoms with E-state index in [-0.39, 0.29) is 12.1 Å². The number of fused-ring (bicyclic) bond motifs is 1. The van der Waals surface area contributed by atoms with Crippen LogP contribution in [0.5, 0.6) is 0 Å². The molecular weight excluding hydrogens is 274 g/mol. The smallest absolute Gasteiger partial charge is 0.147 e. The van der Waals surface area contributed by atoms with Crippen LogP contribution in [0.4, 0.5) is 0 Å². The predicted octanol–water partition coefficient (Wildman–Crippen LogP) is 1.84. The number of rotatable bonds is 3. The Balaban J connectivity index is 1.87. The molecule has 2 atom stereocenters. The Hall–Kier alpha value is -1.43. The fourth-order valence-corrected chi connectivity index (χ4v) is 2.96. The van der Waals surface area contributed by atoms with Gasteiger partial charge in [-0.05, 0) is 24.6 Å². The third-order valence-corrected chi connectivity index (χ3v) is 4.02. The molecule has 0 saturated carbocycles. The summed E-state index contributed by atoms with van der Waals surface area (Å²) in [6, 6.07) is 8.13. The Morgan fingerprint density at radius 1 is 1.25 bits per heavy atom. The van der Waals surface area contributed by atoms with Gasteiger partial charge in [-0.2, -0.15) is 0 Å². The zero-order valence-corrected chi connectivity index (χ0v) is 12.2. The maximum Gasteiger partial charge on any atom is 0.147 e. The van der Waals surface area contributed by atoms with Crippen molar-refractivity contribution in [2.24, 2.45) is 5.73 Å². The molecule has 2 aromatic rings. The zero-order valence-electron chi connectivity index (χ0n) is 11.4. The Kier molecular flexibility index (Phi) is 3.74. The molecule has 1 aliphatic heterocycles. The number of hydrogen-bond donors (Lipinski definition) is 1. The Morgan fingerprint density at radius 2 is 2.00 bits per heavy atom. The van der Waals surface area contributed by atoms with Gasteiger partial charge < -0.3 is 10.3 Å². The lowest BCUT2D eigenvalue weighted by molar-refractivity contribution is 0.136. The number of hydrogen-bond acceptors (Lipinski definition) is 4. The van der Waals surface area contributed by atoms with Crippen molar-refractivity contribution in [2.45, 2.75) is 32.1 Å². The van der Waals surface area contributed by atoms with Crippen molar-refractivity contribution >= 4 is 11.6 Å². The van der Waals surface area contributed by atoms with E-state index in [1.54, 1.807) is 6.33 Å². The minimum absolute atomic E-state index is 0.0330. The number of halogens is 1. The van der Waals surface area contributed by atoms with E-state index in [0.29, 0.717) is 0 Å². The summed E-state index contributed by atoms with van der Waals surface area (Å²) in [5.41, 5.74) is 7.41. The van der Waals surface area contributed by atoms with Crippen LogP contribution < -0.4 is 5.73 Å². The van der Waals surface area contributed by atoms with Gasteiger partial charge >= 0.3 is 0 Å². The molecule has 0 radical (unpaired) electrons. The van der Waals surface area contributed by atoms with Crippen molar-refractivity contribution in [1.29, 1.82) is 0 Å². The van der Waals surface area contributed by atoms with Gasteiger partial charge in [0.2, 0.25) is 0 Å². The van der Waals surface area contributed by atoms with Gasteiger partial charge in [-0.3, -0.25) is 4.90 Å². The van der Waals surface area contributed by atoms with E-state index in [2.05, 4.69) is 31.8 Å². The largest absolute Gasteiger partial charge is 0.326 e. The topological polar surface area (TPSA) is 60.0 Å². The number of aromatic nitrogens is 3. The summed E-state index contributed by atoms with van der Waals surface area (Å²) in [4.78, 5) is 2.36. The standard InChI is InChI=1S/C14H18ClN5/c1-10(16)14(11-2-4-12(15)5-3-11)19-6-7-20-9-17-18-13(20)8-19/h2-5,9-10,14H,6-8,16H2,1H3. The molecule has 1 aliphatic rings. The van der Waals surface area contributed by atoms with Gasteiger partial charge in [0, 0.05) is 24.2 Å². The highest BCUT2D eigenvalue weighted by Crippen LogP contribution is 2.27. The SMILES string of the molecule is CC(N)C(c1ccc(Cl)cc1)N1CCn2cnnc2C1. The molecule has 2 N–H and O–H groups in total. The van der Waals surface area contributed by atoms with Gasteiger partial charge in [-0.1, -0.05) is 23.7 Å². The van der Waals surface area contributed by atoms with Gasteiger partial charge in [-0.15, -0.1) is 10.2 Å². The molecule has 0 fully saturated rings. The van der Waals surface area contributed by atoms with Crippen LogP contribution in [0.25, 0.3) is 0 Å². The molecule has 5 nitrogen and oxygen atoms in total. The molecule has 2 unspecified atom stereocenters. The summed E-state index contributed by atoms with van der Waals surface area (Å²) in [5.74, 6) is 0.996. The highest BCUT2D eigenvalue weighted by molar-refractivity contribution is 6.30. The number of nitrogens with zero attached hydrogens (tertiary/aromatic N) is 4. The van der Waals surface area contributed by atoms with Crippen molar-refractivity contribution in [2.75, 3.05) is 6.54 Å². The van der Waals surface area contributed by atoms with Crippen LogP contribution in [-0.2, 0) is 13.1 Å². The van der Waals surface area contributed by atoms with Crippen LogP contribution >= 0.6 is 11.6 Å². The summed E-state index contributed by atoms with van der Waals surface area (Å²) in [5, 5.41) is 8.88. The molecule has 3 rings (SSSR count). The molecule has 1 aromatic heterocycles. The summed E-state index contributed by atoms with van der Waals surface area (Å²) < 4.78 is 2.09. The van der Waals surface area contributed by atoms with Crippen molar-refractivity contribution < 1.29 is 0 Å². The summed E-state index contributed by atoms with van der Waals surface area (Å²) in [6.07, 6.45) is 1.79. The summed E-state index contributed by atoms with van der Waals surface area (Å²) >= 11 is 5.97. The van der Waals surface area contributed by atoms with E-state index < -0.39 is 0 Å². The third-order valence-electron chi connectivity index (χ3n) is 3.77. The van der Waals surface area contributed by atoms with E-state index in [1.165, 1.54) is 5.56 Å². The van der Waals surface area contributed by atoms with E-state index in [0.717, 1.165) is 30.5 Å². The third kappa shape index (κ3) is 2.57. The van der Waals surface area contributed by atoms with Crippen LogP contribution in [-0.4, -0.2) is 32.3 Å². The fourth-order valence-electron chi connectivity index (χ4n) is 2.83. The highest BCUT2D eigenvalue weighted by Gasteiger charge is 2.28. The molecule has 20 heavy (non-hydrogen) atoms. The van der Waals surface area contributed by atoms with E-state index >= 15 is 0 Å². The first kappa shape index (κ1) is 13.5. The van der Waals surface area contributed by atoms with Gasteiger partial charge in [0.15, 0.2) is 0 Å².